The molecule has 2 aromatic rings. The second-order valence-corrected chi connectivity index (χ2v) is 10.0. The van der Waals surface area contributed by atoms with E-state index < -0.39 is 41.4 Å². The summed E-state index contributed by atoms with van der Waals surface area (Å²) in [6.07, 6.45) is -5.72. The number of benzene rings is 2. The van der Waals surface area contributed by atoms with Crippen molar-refractivity contribution in [3.05, 3.63) is 59.4 Å². The van der Waals surface area contributed by atoms with E-state index in [1.54, 1.807) is 38.1 Å². The Bertz CT molecular complexity index is 1050. The van der Waals surface area contributed by atoms with Gasteiger partial charge in [0.25, 0.3) is 0 Å². The van der Waals surface area contributed by atoms with Crippen LogP contribution in [-0.4, -0.2) is 42.9 Å². The highest BCUT2D eigenvalue weighted by Crippen LogP contribution is 2.46. The minimum Gasteiger partial charge on any atom is -0.496 e. The van der Waals surface area contributed by atoms with E-state index in [4.69, 9.17) is 4.74 Å². The molecule has 1 aliphatic heterocycles. The molecule has 1 unspecified atom stereocenters. The van der Waals surface area contributed by atoms with Gasteiger partial charge in [0.15, 0.2) is 11.4 Å². The van der Waals surface area contributed by atoms with Gasteiger partial charge < -0.3 is 14.7 Å². The van der Waals surface area contributed by atoms with Gasteiger partial charge in [-0.3, -0.25) is 4.79 Å². The number of anilines is 1. The van der Waals surface area contributed by atoms with Crippen molar-refractivity contribution >= 4 is 11.5 Å². The molecule has 0 saturated heterocycles. The van der Waals surface area contributed by atoms with Crippen LogP contribution in [0.15, 0.2) is 42.5 Å². The number of methoxy groups -OCH3 is 1. The van der Waals surface area contributed by atoms with Crippen LogP contribution < -0.4 is 9.64 Å². The zero-order valence-corrected chi connectivity index (χ0v) is 19.4. The van der Waals surface area contributed by atoms with Gasteiger partial charge in [-0.15, -0.1) is 0 Å². The maximum Gasteiger partial charge on any atom is 0.418 e. The maximum atomic E-state index is 14.4. The fourth-order valence-electron chi connectivity index (χ4n) is 4.68. The molecule has 1 N–H and O–H groups in total. The predicted octanol–water partition coefficient (Wildman–Crippen LogP) is 5.52. The average molecular weight is 468 g/mol. The highest BCUT2D eigenvalue weighted by molar-refractivity contribution is 6.06. The molecular formula is C25H29F4NO3. The molecule has 0 saturated carbocycles. The van der Waals surface area contributed by atoms with Crippen LogP contribution in [0.1, 0.15) is 50.0 Å². The first-order chi connectivity index (χ1) is 15.1. The van der Waals surface area contributed by atoms with Crippen molar-refractivity contribution in [2.24, 2.45) is 5.41 Å². The molecule has 33 heavy (non-hydrogen) atoms. The number of Topliss-reactive ketones (excluding diaryl/α,β-unsaturated/α-hetero) is 1. The maximum absolute atomic E-state index is 14.4. The number of carbonyl (C=O) groups is 1. The normalized spacial score (nSPS) is 18.0. The van der Waals surface area contributed by atoms with Crippen LogP contribution in [0.3, 0.4) is 0 Å². The smallest absolute Gasteiger partial charge is 0.418 e. The Morgan fingerprint density at radius 3 is 2.36 bits per heavy atom. The molecule has 1 heterocycles. The second kappa shape index (κ2) is 8.31. The molecule has 1 aliphatic rings. The number of para-hydroxylation sites is 1. The molecule has 4 nitrogen and oxygen atoms in total. The Labute approximate surface area is 191 Å². The number of rotatable bonds is 6. The van der Waals surface area contributed by atoms with Crippen LogP contribution in [0, 0.1) is 11.2 Å². The Kier molecular flexibility index (Phi) is 6.30. The summed E-state index contributed by atoms with van der Waals surface area (Å²) in [4.78, 5) is 14.2. The molecule has 8 heteroatoms. The Balaban J connectivity index is 2.04. The molecule has 1 atom stereocenters. The van der Waals surface area contributed by atoms with Gasteiger partial charge in [-0.2, -0.15) is 13.2 Å². The number of fused-ring (bicyclic) bond motifs is 1. The van der Waals surface area contributed by atoms with Gasteiger partial charge >= 0.3 is 6.18 Å². The summed E-state index contributed by atoms with van der Waals surface area (Å²) in [5.41, 5.74) is -4.46. The molecule has 0 aromatic heterocycles. The standard InChI is InChI=1S/C25H29F4NO3/c1-22(2,18-12-16(26)10-11-20(18)33-5)13-24(32,25(27,28)29)15-30-14-23(3,4)21(31)17-8-6-7-9-19(17)30/h6-12,32H,13-15H2,1-5H3. The predicted molar refractivity (Wildman–Crippen MR) is 118 cm³/mol. The van der Waals surface area contributed by atoms with E-state index in [1.807, 2.05) is 0 Å². The number of carbonyl (C=O) groups excluding carboxylic acids is 1. The van der Waals surface area contributed by atoms with Gasteiger partial charge in [-0.25, -0.2) is 4.39 Å². The number of alkyl halides is 3. The van der Waals surface area contributed by atoms with Gasteiger partial charge in [0.05, 0.1) is 13.7 Å². The number of ketones is 1. The van der Waals surface area contributed by atoms with Crippen molar-refractivity contribution in [2.75, 3.05) is 25.1 Å². The fourth-order valence-corrected chi connectivity index (χ4v) is 4.68. The Hall–Kier alpha value is -2.61. The Morgan fingerprint density at radius 2 is 1.76 bits per heavy atom. The third kappa shape index (κ3) is 4.71. The van der Waals surface area contributed by atoms with Crippen LogP contribution in [0.25, 0.3) is 0 Å². The molecule has 3 rings (SSSR count). The third-order valence-corrected chi connectivity index (χ3v) is 6.30. The summed E-state index contributed by atoms with van der Waals surface area (Å²) < 4.78 is 62.3. The van der Waals surface area contributed by atoms with Crippen molar-refractivity contribution in [3.63, 3.8) is 0 Å². The van der Waals surface area contributed by atoms with E-state index in [9.17, 15) is 27.5 Å². The van der Waals surface area contributed by atoms with Gasteiger partial charge in [0, 0.05) is 28.8 Å². The molecule has 2 aromatic carbocycles. The zero-order valence-electron chi connectivity index (χ0n) is 19.4. The summed E-state index contributed by atoms with van der Waals surface area (Å²) in [5, 5.41) is 11.1. The molecule has 0 spiro atoms. The molecule has 0 amide bonds. The number of hydrogen-bond donors (Lipinski definition) is 1. The number of hydrogen-bond acceptors (Lipinski definition) is 4. The van der Waals surface area contributed by atoms with E-state index in [2.05, 4.69) is 0 Å². The molecule has 180 valence electrons. The molecule has 0 radical (unpaired) electrons. The zero-order chi connectivity index (χ0) is 24.8. The number of nitrogens with zero attached hydrogens (tertiary/aromatic N) is 1. The number of ether oxygens (including phenoxy) is 1. The lowest BCUT2D eigenvalue weighted by Crippen LogP contribution is -2.59. The van der Waals surface area contributed by atoms with Crippen molar-refractivity contribution in [1.29, 1.82) is 0 Å². The molecule has 0 aliphatic carbocycles. The third-order valence-electron chi connectivity index (χ3n) is 6.30. The first-order valence-electron chi connectivity index (χ1n) is 10.6. The monoisotopic (exact) mass is 467 g/mol. The lowest BCUT2D eigenvalue weighted by Gasteiger charge is -2.45. The minimum atomic E-state index is -4.98. The molecular weight excluding hydrogens is 438 g/mol. The quantitative estimate of drug-likeness (QED) is 0.568. The van der Waals surface area contributed by atoms with Crippen LogP contribution in [-0.2, 0) is 5.41 Å². The number of halogens is 4. The van der Waals surface area contributed by atoms with Crippen molar-refractivity contribution in [1.82, 2.24) is 0 Å². The highest BCUT2D eigenvalue weighted by atomic mass is 19.4. The largest absolute Gasteiger partial charge is 0.496 e. The SMILES string of the molecule is COc1ccc(F)cc1C(C)(C)CC(O)(CN1CC(C)(C)C(=O)c2ccccc21)C(F)(F)F. The van der Waals surface area contributed by atoms with Crippen LogP contribution in [0.5, 0.6) is 5.75 Å². The highest BCUT2D eigenvalue weighted by Gasteiger charge is 2.58. The average Bonchev–Trinajstić information content (AvgIpc) is 2.70. The van der Waals surface area contributed by atoms with Crippen molar-refractivity contribution in [3.8, 4) is 5.75 Å². The van der Waals surface area contributed by atoms with Crippen molar-refractivity contribution in [2.45, 2.75) is 51.3 Å². The fraction of sp³-hybridized carbons (Fsp3) is 0.480. The van der Waals surface area contributed by atoms with Gasteiger partial charge in [0.2, 0.25) is 0 Å². The lowest BCUT2D eigenvalue weighted by atomic mass is 9.73. The van der Waals surface area contributed by atoms with Crippen LogP contribution >= 0.6 is 0 Å². The Morgan fingerprint density at radius 1 is 1.12 bits per heavy atom. The number of aliphatic hydroxyl groups is 1. The van der Waals surface area contributed by atoms with E-state index in [0.29, 0.717) is 11.3 Å². The van der Waals surface area contributed by atoms with Crippen molar-refractivity contribution < 1.29 is 32.2 Å². The summed E-state index contributed by atoms with van der Waals surface area (Å²) >= 11 is 0. The van der Waals surface area contributed by atoms with Gasteiger partial charge in [-0.1, -0.05) is 39.8 Å². The number of β-amino-alcohol motifs (C(OH)–C–C–N with tert-alkyl or cyclic N) is 1. The van der Waals surface area contributed by atoms with E-state index >= 15 is 0 Å². The van der Waals surface area contributed by atoms with Gasteiger partial charge in [0.1, 0.15) is 11.6 Å². The molecule has 0 bridgehead atoms. The summed E-state index contributed by atoms with van der Waals surface area (Å²) in [6, 6.07) is 10.1. The lowest BCUT2D eigenvalue weighted by molar-refractivity contribution is -0.262. The van der Waals surface area contributed by atoms with E-state index in [-0.39, 0.29) is 23.6 Å². The summed E-state index contributed by atoms with van der Waals surface area (Å²) in [5.74, 6) is -0.532. The summed E-state index contributed by atoms with van der Waals surface area (Å²) in [7, 11) is 1.35. The van der Waals surface area contributed by atoms with E-state index in [0.717, 1.165) is 12.1 Å². The summed E-state index contributed by atoms with van der Waals surface area (Å²) in [6.45, 7) is 5.62. The van der Waals surface area contributed by atoms with Crippen LogP contribution in [0.2, 0.25) is 0 Å². The van der Waals surface area contributed by atoms with Gasteiger partial charge in [-0.05, 0) is 42.2 Å². The minimum absolute atomic E-state index is 0.0188. The first-order valence-corrected chi connectivity index (χ1v) is 10.6. The first kappa shape index (κ1) is 25.0. The van der Waals surface area contributed by atoms with E-state index in [1.165, 1.54) is 31.9 Å². The second-order valence-electron chi connectivity index (χ2n) is 10.0. The topological polar surface area (TPSA) is 49.8 Å². The molecule has 0 fully saturated rings. The van der Waals surface area contributed by atoms with Crippen LogP contribution in [0.4, 0.5) is 23.2 Å².